The fourth-order valence-corrected chi connectivity index (χ4v) is 2.51. The van der Waals surface area contributed by atoms with E-state index < -0.39 is 5.97 Å². The van der Waals surface area contributed by atoms with E-state index in [1.807, 2.05) is 11.4 Å². The molecular formula is C9H11NO2S. The zero-order chi connectivity index (χ0) is 9.26. The summed E-state index contributed by atoms with van der Waals surface area (Å²) in [6.07, 6.45) is 0.718. The molecule has 0 spiro atoms. The largest absolute Gasteiger partial charge is 0.480 e. The summed E-state index contributed by atoms with van der Waals surface area (Å²) in [6, 6.07) is 3.72. The fourth-order valence-electron chi connectivity index (χ4n) is 1.66. The Hall–Kier alpha value is -0.870. The zero-order valence-corrected chi connectivity index (χ0v) is 7.88. The van der Waals surface area contributed by atoms with Crippen LogP contribution in [0.4, 0.5) is 0 Å². The minimum absolute atomic E-state index is 0.355. The first-order valence-electron chi connectivity index (χ1n) is 4.27. The molecule has 1 aromatic rings. The maximum absolute atomic E-state index is 10.7. The molecule has 13 heavy (non-hydrogen) atoms. The number of carboxylic acid groups (broad SMARTS) is 1. The highest BCUT2D eigenvalue weighted by Gasteiger charge is 2.30. The van der Waals surface area contributed by atoms with E-state index in [0.717, 1.165) is 13.0 Å². The minimum atomic E-state index is -0.737. The summed E-state index contributed by atoms with van der Waals surface area (Å²) in [7, 11) is 0. The summed E-state index contributed by atoms with van der Waals surface area (Å²) < 4.78 is 0. The van der Waals surface area contributed by atoms with Crippen molar-refractivity contribution < 1.29 is 9.90 Å². The van der Waals surface area contributed by atoms with Crippen LogP contribution in [0.15, 0.2) is 17.5 Å². The zero-order valence-electron chi connectivity index (χ0n) is 7.06. The Morgan fingerprint density at radius 2 is 2.54 bits per heavy atom. The third-order valence-corrected chi connectivity index (χ3v) is 3.41. The Morgan fingerprint density at radius 1 is 1.69 bits per heavy atom. The number of hydrogen-bond donors (Lipinski definition) is 2. The number of thiophene rings is 1. The average molecular weight is 197 g/mol. The summed E-state index contributed by atoms with van der Waals surface area (Å²) in [5, 5.41) is 13.8. The summed E-state index contributed by atoms with van der Waals surface area (Å²) in [6.45, 7) is 0.789. The monoisotopic (exact) mass is 197 g/mol. The molecule has 1 aliphatic rings. The van der Waals surface area contributed by atoms with Crippen molar-refractivity contribution >= 4 is 17.3 Å². The van der Waals surface area contributed by atoms with Gasteiger partial charge in [-0.15, -0.1) is 11.3 Å². The van der Waals surface area contributed by atoms with Crippen LogP contribution in [0.1, 0.15) is 17.2 Å². The highest BCUT2D eigenvalue weighted by atomic mass is 32.1. The molecule has 0 saturated carbocycles. The molecule has 70 valence electrons. The molecule has 2 heterocycles. The molecule has 2 N–H and O–H groups in total. The second kappa shape index (κ2) is 3.47. The van der Waals surface area contributed by atoms with Gasteiger partial charge in [0.1, 0.15) is 6.04 Å². The van der Waals surface area contributed by atoms with Crippen LogP contribution in [0.25, 0.3) is 0 Å². The van der Waals surface area contributed by atoms with Crippen LogP contribution in [0.5, 0.6) is 0 Å². The normalized spacial score (nSPS) is 27.7. The Bertz CT molecular complexity index is 297. The van der Waals surface area contributed by atoms with E-state index in [9.17, 15) is 4.79 Å². The van der Waals surface area contributed by atoms with Crippen LogP contribution in [-0.2, 0) is 4.79 Å². The van der Waals surface area contributed by atoms with E-state index in [1.165, 1.54) is 4.88 Å². The van der Waals surface area contributed by atoms with Gasteiger partial charge in [0.05, 0.1) is 0 Å². The number of carboxylic acids is 1. The Balaban J connectivity index is 2.03. The van der Waals surface area contributed by atoms with Crippen LogP contribution < -0.4 is 5.32 Å². The van der Waals surface area contributed by atoms with Gasteiger partial charge in [0.15, 0.2) is 0 Å². The van der Waals surface area contributed by atoms with Crippen molar-refractivity contribution in [2.75, 3.05) is 6.54 Å². The van der Waals surface area contributed by atoms with Crippen LogP contribution in [0.3, 0.4) is 0 Å². The third-order valence-electron chi connectivity index (χ3n) is 2.37. The summed E-state index contributed by atoms with van der Waals surface area (Å²) in [5.41, 5.74) is 0. The van der Waals surface area contributed by atoms with Crippen molar-refractivity contribution in [3.63, 3.8) is 0 Å². The molecule has 4 heteroatoms. The lowest BCUT2D eigenvalue weighted by molar-refractivity contribution is -0.139. The first-order valence-corrected chi connectivity index (χ1v) is 5.15. The number of hydrogen-bond acceptors (Lipinski definition) is 3. The van der Waals surface area contributed by atoms with E-state index in [-0.39, 0.29) is 6.04 Å². The third kappa shape index (κ3) is 1.73. The summed E-state index contributed by atoms with van der Waals surface area (Å²) in [4.78, 5) is 11.9. The first kappa shape index (κ1) is 8.72. The molecule has 0 amide bonds. The minimum Gasteiger partial charge on any atom is -0.480 e. The van der Waals surface area contributed by atoms with E-state index in [2.05, 4.69) is 11.4 Å². The predicted octanol–water partition coefficient (Wildman–Crippen LogP) is 1.28. The lowest BCUT2D eigenvalue weighted by Crippen LogP contribution is -2.29. The van der Waals surface area contributed by atoms with Gasteiger partial charge in [-0.1, -0.05) is 6.07 Å². The van der Waals surface area contributed by atoms with Gasteiger partial charge in [0, 0.05) is 17.3 Å². The van der Waals surface area contributed by atoms with E-state index in [4.69, 9.17) is 5.11 Å². The van der Waals surface area contributed by atoms with Gasteiger partial charge >= 0.3 is 5.97 Å². The topological polar surface area (TPSA) is 49.3 Å². The second-order valence-corrected chi connectivity index (χ2v) is 4.23. The van der Waals surface area contributed by atoms with Crippen molar-refractivity contribution in [3.8, 4) is 0 Å². The molecule has 1 aromatic heterocycles. The number of rotatable bonds is 2. The maximum Gasteiger partial charge on any atom is 0.320 e. The van der Waals surface area contributed by atoms with Gasteiger partial charge in [-0.25, -0.2) is 0 Å². The van der Waals surface area contributed by atoms with Crippen LogP contribution in [0.2, 0.25) is 0 Å². The molecule has 2 rings (SSSR count). The van der Waals surface area contributed by atoms with E-state index >= 15 is 0 Å². The number of carbonyl (C=O) groups is 1. The average Bonchev–Trinajstić information content (AvgIpc) is 2.75. The number of aliphatic carboxylic acids is 1. The van der Waals surface area contributed by atoms with Crippen molar-refractivity contribution in [2.45, 2.75) is 18.4 Å². The molecule has 0 radical (unpaired) electrons. The molecular weight excluding hydrogens is 186 g/mol. The lowest BCUT2D eigenvalue weighted by Gasteiger charge is -2.03. The standard InChI is InChI=1S/C9H11NO2S/c11-9(12)7-4-6(5-10-7)8-2-1-3-13-8/h1-3,6-7,10H,4-5H2,(H,11,12)/t6-,7-/m0/s1. The van der Waals surface area contributed by atoms with Gasteiger partial charge in [-0.05, 0) is 17.9 Å². The van der Waals surface area contributed by atoms with Gasteiger partial charge in [-0.2, -0.15) is 0 Å². The van der Waals surface area contributed by atoms with Crippen molar-refractivity contribution in [1.29, 1.82) is 0 Å². The first-order chi connectivity index (χ1) is 6.27. The molecule has 1 fully saturated rings. The molecule has 0 unspecified atom stereocenters. The smallest absolute Gasteiger partial charge is 0.320 e. The second-order valence-electron chi connectivity index (χ2n) is 3.25. The Morgan fingerprint density at radius 3 is 3.08 bits per heavy atom. The highest BCUT2D eigenvalue weighted by Crippen LogP contribution is 2.28. The SMILES string of the molecule is O=C(O)[C@@H]1C[C@H](c2cccs2)CN1. The number of nitrogens with one attached hydrogen (secondary N) is 1. The maximum atomic E-state index is 10.7. The molecule has 0 aromatic carbocycles. The molecule has 0 bridgehead atoms. The van der Waals surface area contributed by atoms with Crippen molar-refractivity contribution in [3.05, 3.63) is 22.4 Å². The predicted molar refractivity (Wildman–Crippen MR) is 51.1 cm³/mol. The van der Waals surface area contributed by atoms with Crippen LogP contribution in [-0.4, -0.2) is 23.7 Å². The van der Waals surface area contributed by atoms with E-state index in [0.29, 0.717) is 5.92 Å². The van der Waals surface area contributed by atoms with Gasteiger partial charge in [-0.3, -0.25) is 4.79 Å². The van der Waals surface area contributed by atoms with Gasteiger partial charge in [0.25, 0.3) is 0 Å². The Labute approximate surface area is 80.4 Å². The molecule has 3 nitrogen and oxygen atoms in total. The Kier molecular flexibility index (Phi) is 2.33. The van der Waals surface area contributed by atoms with Crippen molar-refractivity contribution in [1.82, 2.24) is 5.32 Å². The molecule has 1 saturated heterocycles. The highest BCUT2D eigenvalue weighted by molar-refractivity contribution is 7.10. The fraction of sp³-hybridized carbons (Fsp3) is 0.444. The lowest BCUT2D eigenvalue weighted by atomic mass is 10.0. The van der Waals surface area contributed by atoms with Crippen molar-refractivity contribution in [2.24, 2.45) is 0 Å². The molecule has 2 atom stereocenters. The van der Waals surface area contributed by atoms with E-state index in [1.54, 1.807) is 11.3 Å². The quantitative estimate of drug-likeness (QED) is 0.750. The summed E-state index contributed by atoms with van der Waals surface area (Å²) in [5.74, 6) is -0.347. The molecule has 1 aliphatic heterocycles. The van der Waals surface area contributed by atoms with Gasteiger partial charge < -0.3 is 10.4 Å². The molecule has 0 aliphatic carbocycles. The van der Waals surface area contributed by atoms with Gasteiger partial charge in [0.2, 0.25) is 0 Å². The van der Waals surface area contributed by atoms with Crippen LogP contribution >= 0.6 is 11.3 Å². The van der Waals surface area contributed by atoms with Crippen LogP contribution in [0, 0.1) is 0 Å². The summed E-state index contributed by atoms with van der Waals surface area (Å²) >= 11 is 1.70.